The fraction of sp³-hybridized carbons (Fsp3) is 1.00. The van der Waals surface area contributed by atoms with Gasteiger partial charge in [-0.25, -0.2) is 0 Å². The summed E-state index contributed by atoms with van der Waals surface area (Å²) in [6.07, 6.45) is 9.20. The molecule has 4 saturated carbocycles. The fourth-order valence-corrected chi connectivity index (χ4v) is 6.07. The van der Waals surface area contributed by atoms with Gasteiger partial charge < -0.3 is 0 Å². The normalized spacial score (nSPS) is 44.3. The molecule has 17 heavy (non-hydrogen) atoms. The van der Waals surface area contributed by atoms with Gasteiger partial charge in [0, 0.05) is 17.6 Å². The maximum Gasteiger partial charge on any atom is 0.0222 e. The van der Waals surface area contributed by atoms with Crippen LogP contribution in [-0.2, 0) is 0 Å². The fourth-order valence-electron chi connectivity index (χ4n) is 6.07. The van der Waals surface area contributed by atoms with Gasteiger partial charge in [0.15, 0.2) is 0 Å². The summed E-state index contributed by atoms with van der Waals surface area (Å²) in [5, 5.41) is 0. The lowest BCUT2D eigenvalue weighted by Gasteiger charge is -2.62. The molecule has 4 fully saturated rings. The van der Waals surface area contributed by atoms with Crippen LogP contribution in [0, 0.1) is 17.8 Å². The average Bonchev–Trinajstić information content (AvgIpc) is 2.11. The van der Waals surface area contributed by atoms with Crippen LogP contribution in [-0.4, -0.2) is 22.5 Å². The molecule has 4 aliphatic carbocycles. The largest absolute Gasteiger partial charge is 0.293 e. The van der Waals surface area contributed by atoms with Gasteiger partial charge in [-0.05, 0) is 84.0 Å². The Morgan fingerprint density at radius 3 is 1.41 bits per heavy atom. The van der Waals surface area contributed by atoms with E-state index in [1.807, 2.05) is 0 Å². The minimum Gasteiger partial charge on any atom is -0.293 e. The molecule has 0 spiro atoms. The van der Waals surface area contributed by atoms with E-state index in [1.165, 1.54) is 19.3 Å². The lowest BCUT2D eigenvalue weighted by Crippen LogP contribution is -2.63. The molecule has 0 N–H and O–H groups in total. The Balaban J connectivity index is 1.89. The smallest absolute Gasteiger partial charge is 0.0222 e. The van der Waals surface area contributed by atoms with E-state index in [4.69, 9.17) is 0 Å². The van der Waals surface area contributed by atoms with Crippen LogP contribution in [0.25, 0.3) is 0 Å². The average molecular weight is 235 g/mol. The third-order valence-corrected chi connectivity index (χ3v) is 5.67. The van der Waals surface area contributed by atoms with E-state index in [2.05, 4.69) is 32.6 Å². The summed E-state index contributed by atoms with van der Waals surface area (Å²) in [6.45, 7) is 9.61. The Hall–Kier alpha value is -0.0400. The quantitative estimate of drug-likeness (QED) is 0.712. The highest BCUT2D eigenvalue weighted by Crippen LogP contribution is 2.58. The van der Waals surface area contributed by atoms with Gasteiger partial charge in [-0.1, -0.05) is 0 Å². The van der Waals surface area contributed by atoms with Crippen molar-refractivity contribution in [2.75, 3.05) is 0 Å². The summed E-state index contributed by atoms with van der Waals surface area (Å²) in [6, 6.07) is 1.43. The van der Waals surface area contributed by atoms with E-state index < -0.39 is 0 Å². The van der Waals surface area contributed by atoms with Crippen LogP contribution in [0.2, 0.25) is 0 Å². The number of rotatable bonds is 3. The molecule has 98 valence electrons. The minimum absolute atomic E-state index is 0.594. The summed E-state index contributed by atoms with van der Waals surface area (Å²) >= 11 is 0. The van der Waals surface area contributed by atoms with Gasteiger partial charge in [0.1, 0.15) is 0 Å². The van der Waals surface area contributed by atoms with E-state index in [0.717, 1.165) is 17.8 Å². The summed E-state index contributed by atoms with van der Waals surface area (Å²) < 4.78 is 0. The van der Waals surface area contributed by atoms with Crippen LogP contribution in [0.15, 0.2) is 0 Å². The summed E-state index contributed by atoms with van der Waals surface area (Å²) in [5.74, 6) is 3.21. The second-order valence-corrected chi connectivity index (χ2v) is 7.74. The van der Waals surface area contributed by atoms with E-state index in [9.17, 15) is 0 Å². The van der Waals surface area contributed by atoms with Crippen molar-refractivity contribution < 1.29 is 0 Å². The molecule has 0 radical (unpaired) electrons. The molecule has 0 aromatic rings. The van der Waals surface area contributed by atoms with Crippen molar-refractivity contribution >= 4 is 0 Å². The molecule has 4 bridgehead atoms. The maximum atomic E-state index is 2.87. The van der Waals surface area contributed by atoms with Crippen LogP contribution < -0.4 is 0 Å². The molecule has 0 aromatic carbocycles. The van der Waals surface area contributed by atoms with Crippen molar-refractivity contribution in [3.8, 4) is 0 Å². The Kier molecular flexibility index (Phi) is 2.81. The topological polar surface area (TPSA) is 3.24 Å². The molecule has 4 aliphatic rings. The van der Waals surface area contributed by atoms with E-state index in [-0.39, 0.29) is 0 Å². The Morgan fingerprint density at radius 2 is 1.12 bits per heavy atom. The van der Waals surface area contributed by atoms with Crippen LogP contribution in [0.4, 0.5) is 0 Å². The van der Waals surface area contributed by atoms with Gasteiger partial charge in [0.05, 0.1) is 0 Å². The Morgan fingerprint density at radius 1 is 0.765 bits per heavy atom. The van der Waals surface area contributed by atoms with Crippen LogP contribution in [0.3, 0.4) is 0 Å². The standard InChI is InChI=1S/C16H29N/c1-11(2)17(12(3)4)16-8-13-5-14(9-16)7-15(6-13)10-16/h11-15H,5-10H2,1-4H3. The van der Waals surface area contributed by atoms with Crippen molar-refractivity contribution in [3.63, 3.8) is 0 Å². The molecule has 0 aliphatic heterocycles. The van der Waals surface area contributed by atoms with Crippen LogP contribution in [0.5, 0.6) is 0 Å². The zero-order valence-corrected chi connectivity index (χ0v) is 12.1. The van der Waals surface area contributed by atoms with Crippen molar-refractivity contribution in [2.45, 2.75) is 83.8 Å². The van der Waals surface area contributed by atoms with E-state index in [1.54, 1.807) is 19.3 Å². The first kappa shape index (κ1) is 12.0. The maximum absolute atomic E-state index is 2.87. The summed E-state index contributed by atoms with van der Waals surface area (Å²) in [7, 11) is 0. The lowest BCUT2D eigenvalue weighted by atomic mass is 9.52. The Bertz CT molecular complexity index is 249. The van der Waals surface area contributed by atoms with Gasteiger partial charge >= 0.3 is 0 Å². The zero-order valence-electron chi connectivity index (χ0n) is 12.1. The molecular weight excluding hydrogens is 206 g/mol. The molecule has 0 atom stereocenters. The lowest BCUT2D eigenvalue weighted by molar-refractivity contribution is -0.112. The van der Waals surface area contributed by atoms with Gasteiger partial charge in [0.25, 0.3) is 0 Å². The van der Waals surface area contributed by atoms with Crippen molar-refractivity contribution in [2.24, 2.45) is 17.8 Å². The minimum atomic E-state index is 0.594. The number of hydrogen-bond donors (Lipinski definition) is 0. The van der Waals surface area contributed by atoms with Crippen molar-refractivity contribution in [3.05, 3.63) is 0 Å². The third kappa shape index (κ3) is 1.85. The highest BCUT2D eigenvalue weighted by molar-refractivity contribution is 5.08. The predicted molar refractivity (Wildman–Crippen MR) is 73.0 cm³/mol. The van der Waals surface area contributed by atoms with Crippen LogP contribution in [0.1, 0.15) is 66.2 Å². The molecular formula is C16H29N. The van der Waals surface area contributed by atoms with Crippen LogP contribution >= 0.6 is 0 Å². The van der Waals surface area contributed by atoms with Gasteiger partial charge in [-0.2, -0.15) is 0 Å². The molecule has 0 aromatic heterocycles. The third-order valence-electron chi connectivity index (χ3n) is 5.67. The summed E-state index contributed by atoms with van der Waals surface area (Å²) in [4.78, 5) is 2.87. The van der Waals surface area contributed by atoms with Gasteiger partial charge in [-0.15, -0.1) is 0 Å². The van der Waals surface area contributed by atoms with Crippen molar-refractivity contribution in [1.82, 2.24) is 4.90 Å². The highest BCUT2D eigenvalue weighted by Gasteiger charge is 2.54. The first-order valence-corrected chi connectivity index (χ1v) is 7.78. The first-order valence-electron chi connectivity index (χ1n) is 7.78. The molecule has 0 unspecified atom stereocenters. The second kappa shape index (κ2) is 3.98. The zero-order chi connectivity index (χ0) is 12.2. The second-order valence-electron chi connectivity index (χ2n) is 7.74. The molecule has 0 amide bonds. The molecule has 0 saturated heterocycles. The highest BCUT2D eigenvalue weighted by atomic mass is 15.2. The first-order chi connectivity index (χ1) is 8.00. The molecule has 1 heteroatoms. The van der Waals surface area contributed by atoms with Gasteiger partial charge in [-0.3, -0.25) is 4.90 Å². The van der Waals surface area contributed by atoms with Crippen molar-refractivity contribution in [1.29, 1.82) is 0 Å². The number of nitrogens with zero attached hydrogens (tertiary/aromatic N) is 1. The monoisotopic (exact) mass is 235 g/mol. The molecule has 0 heterocycles. The SMILES string of the molecule is CC(C)N(C(C)C)C12CC3CC(CC(C3)C1)C2. The van der Waals surface area contributed by atoms with Gasteiger partial charge in [0.2, 0.25) is 0 Å². The Labute approximate surface area is 107 Å². The molecule has 4 rings (SSSR count). The number of hydrogen-bond acceptors (Lipinski definition) is 1. The molecule has 1 nitrogen and oxygen atoms in total. The van der Waals surface area contributed by atoms with E-state index >= 15 is 0 Å². The summed E-state index contributed by atoms with van der Waals surface area (Å²) in [5.41, 5.74) is 0.594. The van der Waals surface area contributed by atoms with E-state index in [0.29, 0.717) is 17.6 Å². The predicted octanol–water partition coefficient (Wildman–Crippen LogP) is 4.07.